The summed E-state index contributed by atoms with van der Waals surface area (Å²) in [6.07, 6.45) is 3.10. The lowest BCUT2D eigenvalue weighted by Crippen LogP contribution is -2.39. The lowest BCUT2D eigenvalue weighted by atomic mass is 10.3. The molecule has 4 rings (SSSR count). The number of aromatic nitrogens is 2. The Bertz CT molecular complexity index is 1340. The second kappa shape index (κ2) is 11.3. The molecule has 2 heterocycles. The van der Waals surface area contributed by atoms with E-state index in [0.717, 1.165) is 37.3 Å². The molecule has 0 amide bonds. The molecule has 9 nitrogen and oxygen atoms in total. The van der Waals surface area contributed by atoms with Gasteiger partial charge in [0.2, 0.25) is 0 Å². The molecule has 3 N–H and O–H groups in total. The van der Waals surface area contributed by atoms with Gasteiger partial charge < -0.3 is 15.4 Å². The molecule has 0 aliphatic carbocycles. The van der Waals surface area contributed by atoms with Gasteiger partial charge in [0.15, 0.2) is 23.1 Å². The fraction of sp³-hybridized carbons (Fsp3) is 0.385. The predicted octanol–water partition coefficient (Wildman–Crippen LogP) is 4.04. The summed E-state index contributed by atoms with van der Waals surface area (Å²) in [5, 5.41) is 15.0. The third-order valence-electron chi connectivity index (χ3n) is 6.70. The molecule has 0 bridgehead atoms. The van der Waals surface area contributed by atoms with Crippen LogP contribution in [-0.2, 0) is 9.84 Å². The highest BCUT2D eigenvalue weighted by molar-refractivity contribution is 7.92. The first-order valence-corrected chi connectivity index (χ1v) is 16.0. The highest BCUT2D eigenvalue weighted by Gasteiger charge is 2.42. The third kappa shape index (κ3) is 6.04. The molecule has 1 aliphatic rings. The minimum absolute atomic E-state index is 0.236. The van der Waals surface area contributed by atoms with E-state index in [0.29, 0.717) is 28.6 Å². The van der Waals surface area contributed by atoms with E-state index in [1.54, 1.807) is 51.3 Å². The van der Waals surface area contributed by atoms with Gasteiger partial charge in [0.05, 0.1) is 40.5 Å². The van der Waals surface area contributed by atoms with Crippen LogP contribution < -0.4 is 20.7 Å². The zero-order chi connectivity index (χ0) is 26.6. The van der Waals surface area contributed by atoms with Crippen molar-refractivity contribution in [3.63, 3.8) is 0 Å². The van der Waals surface area contributed by atoms with Gasteiger partial charge in [0, 0.05) is 25.2 Å². The van der Waals surface area contributed by atoms with Crippen LogP contribution in [0, 0.1) is 0 Å². The van der Waals surface area contributed by atoms with Crippen molar-refractivity contribution < 1.29 is 18.0 Å². The van der Waals surface area contributed by atoms with Crippen molar-refractivity contribution in [3.8, 4) is 5.75 Å². The lowest BCUT2D eigenvalue weighted by molar-refractivity contribution is 0.308. The Balaban J connectivity index is 1.55. The largest absolute Gasteiger partial charge is 0.494 e. The average Bonchev–Trinajstić information content (AvgIpc) is 2.89. The second-order valence-electron chi connectivity index (χ2n) is 9.36. The number of para-hydroxylation sites is 1. The zero-order valence-corrected chi connectivity index (χ0v) is 23.4. The van der Waals surface area contributed by atoms with Crippen LogP contribution in [0.4, 0.5) is 22.9 Å². The number of nitrogens with one attached hydrogen (secondary N) is 2. The first-order chi connectivity index (χ1) is 17.7. The number of methoxy groups -OCH3 is 1. The Labute approximate surface area is 219 Å². The molecule has 1 fully saturated rings. The van der Waals surface area contributed by atoms with Gasteiger partial charge in [-0.1, -0.05) is 19.1 Å². The van der Waals surface area contributed by atoms with E-state index >= 15 is 0 Å². The molecule has 0 spiro atoms. The van der Waals surface area contributed by atoms with Crippen LogP contribution in [0.15, 0.2) is 59.6 Å². The van der Waals surface area contributed by atoms with E-state index < -0.39 is 22.6 Å². The van der Waals surface area contributed by atoms with Crippen molar-refractivity contribution >= 4 is 45.5 Å². The highest BCUT2D eigenvalue weighted by Crippen LogP contribution is 2.55. The standard InChI is InChI=1S/C26H35N5O4PS/c1-5-31-12-14-36(32,15-13-31)21-10-11-22(24(17-21)35-4)29-26-16-20(18-27-30-26)28-23-8-6-7-9-25(23)37(33,34)19(2)3/h6-11,16-19,32H,5,12-15H2,1-4H3,(H2,28,29,30)/q+1. The Hall–Kier alpha value is -2.78. The molecule has 1 saturated heterocycles. The summed E-state index contributed by atoms with van der Waals surface area (Å²) in [4.78, 5) is 14.0. The summed E-state index contributed by atoms with van der Waals surface area (Å²) in [6, 6.07) is 14.3. The summed E-state index contributed by atoms with van der Waals surface area (Å²) >= 11 is 0. The maximum absolute atomic E-state index is 12.8. The maximum atomic E-state index is 12.8. The van der Waals surface area contributed by atoms with Gasteiger partial charge in [-0.25, -0.2) is 13.3 Å². The van der Waals surface area contributed by atoms with Gasteiger partial charge >= 0.3 is 0 Å². The first kappa shape index (κ1) is 27.3. The minimum Gasteiger partial charge on any atom is -0.494 e. The topological polar surface area (TPSA) is 117 Å². The summed E-state index contributed by atoms with van der Waals surface area (Å²) in [5.74, 6) is 1.07. The molecule has 1 aromatic heterocycles. The van der Waals surface area contributed by atoms with Crippen molar-refractivity contribution in [2.24, 2.45) is 0 Å². The SMILES string of the molecule is CCN1CC[P+](O)(c2ccc(Nc3cc(Nc4ccccc4S(=O)(=O)C(C)C)cnn3)c(OC)c2)CC1. The molecular weight excluding hydrogens is 509 g/mol. The second-order valence-corrected chi connectivity index (χ2v) is 15.1. The lowest BCUT2D eigenvalue weighted by Gasteiger charge is -2.31. The number of ether oxygens (including phenoxy) is 1. The summed E-state index contributed by atoms with van der Waals surface area (Å²) < 4.78 is 31.3. The Morgan fingerprint density at radius 1 is 1.08 bits per heavy atom. The number of hydrogen-bond donors (Lipinski definition) is 3. The van der Waals surface area contributed by atoms with Crippen LogP contribution in [0.5, 0.6) is 5.75 Å². The fourth-order valence-electron chi connectivity index (χ4n) is 4.32. The highest BCUT2D eigenvalue weighted by atomic mass is 32.2. The molecule has 0 radical (unpaired) electrons. The van der Waals surface area contributed by atoms with E-state index in [1.807, 2.05) is 18.2 Å². The van der Waals surface area contributed by atoms with Crippen molar-refractivity contribution in [1.29, 1.82) is 0 Å². The van der Waals surface area contributed by atoms with Crippen LogP contribution >= 0.6 is 7.49 Å². The number of sulfone groups is 1. The molecule has 2 aromatic carbocycles. The van der Waals surface area contributed by atoms with Gasteiger partial charge in [-0.15, -0.1) is 5.10 Å². The van der Waals surface area contributed by atoms with Gasteiger partial charge in [0.25, 0.3) is 0 Å². The molecule has 0 unspecified atom stereocenters. The van der Waals surface area contributed by atoms with Crippen LogP contribution in [-0.4, -0.2) is 72.7 Å². The van der Waals surface area contributed by atoms with E-state index in [4.69, 9.17) is 4.74 Å². The van der Waals surface area contributed by atoms with Crippen LogP contribution in [0.25, 0.3) is 0 Å². The smallest absolute Gasteiger partial charge is 0.182 e. The van der Waals surface area contributed by atoms with Crippen LogP contribution in [0.1, 0.15) is 20.8 Å². The number of nitrogens with zero attached hydrogens (tertiary/aromatic N) is 3. The van der Waals surface area contributed by atoms with Gasteiger partial charge in [0.1, 0.15) is 23.4 Å². The quantitative estimate of drug-likeness (QED) is 0.343. The Kier molecular flexibility index (Phi) is 8.33. The third-order valence-corrected chi connectivity index (χ3v) is 12.0. The van der Waals surface area contributed by atoms with Crippen LogP contribution in [0.2, 0.25) is 0 Å². The van der Waals surface area contributed by atoms with Gasteiger partial charge in [-0.2, -0.15) is 5.10 Å². The van der Waals surface area contributed by atoms with Crippen molar-refractivity contribution in [1.82, 2.24) is 15.1 Å². The van der Waals surface area contributed by atoms with E-state index in [9.17, 15) is 13.3 Å². The molecule has 3 aromatic rings. The fourth-order valence-corrected chi connectivity index (χ4v) is 8.19. The summed E-state index contributed by atoms with van der Waals surface area (Å²) in [7, 11) is -4.09. The number of rotatable bonds is 9. The molecule has 37 heavy (non-hydrogen) atoms. The van der Waals surface area contributed by atoms with Gasteiger partial charge in [-0.05, 0) is 44.7 Å². The summed E-state index contributed by atoms with van der Waals surface area (Å²) in [5.41, 5.74) is 1.75. The van der Waals surface area contributed by atoms with E-state index in [-0.39, 0.29) is 4.90 Å². The molecule has 11 heteroatoms. The van der Waals surface area contributed by atoms with Crippen molar-refractivity contribution in [3.05, 3.63) is 54.7 Å². The Morgan fingerprint density at radius 2 is 1.81 bits per heavy atom. The van der Waals surface area contributed by atoms with Gasteiger partial charge in [-0.3, -0.25) is 4.90 Å². The van der Waals surface area contributed by atoms with Crippen molar-refractivity contribution in [2.45, 2.75) is 30.9 Å². The predicted molar refractivity (Wildman–Crippen MR) is 151 cm³/mol. The minimum atomic E-state index is -3.47. The molecule has 198 valence electrons. The van der Waals surface area contributed by atoms with E-state index in [2.05, 4.69) is 32.7 Å². The van der Waals surface area contributed by atoms with Crippen molar-refractivity contribution in [2.75, 3.05) is 49.7 Å². The monoisotopic (exact) mass is 544 g/mol. The maximum Gasteiger partial charge on any atom is 0.182 e. The molecular formula is C26H35N5O4PS+. The number of anilines is 4. The normalized spacial score (nSPS) is 15.9. The number of hydrogen-bond acceptors (Lipinski definition) is 9. The zero-order valence-electron chi connectivity index (χ0n) is 21.7. The number of benzene rings is 2. The first-order valence-electron chi connectivity index (χ1n) is 12.4. The van der Waals surface area contributed by atoms with Crippen LogP contribution in [0.3, 0.4) is 0 Å². The summed E-state index contributed by atoms with van der Waals surface area (Å²) in [6.45, 7) is 8.28. The molecule has 1 aliphatic heterocycles. The molecule has 0 saturated carbocycles. The average molecular weight is 545 g/mol. The Morgan fingerprint density at radius 3 is 2.49 bits per heavy atom. The molecule has 0 atom stereocenters. The van der Waals surface area contributed by atoms with E-state index in [1.165, 1.54) is 6.20 Å².